The van der Waals surface area contributed by atoms with Crippen molar-refractivity contribution in [1.82, 2.24) is 10.2 Å². The number of carbonyl (C=O) groups excluding carboxylic acids is 2. The predicted molar refractivity (Wildman–Crippen MR) is 130 cm³/mol. The van der Waals surface area contributed by atoms with Crippen molar-refractivity contribution in [3.8, 4) is 11.1 Å². The molecule has 4 rings (SSSR count). The van der Waals surface area contributed by atoms with E-state index in [2.05, 4.69) is 29.6 Å². The molecule has 8 nitrogen and oxygen atoms in total. The maximum Gasteiger partial charge on any atom is 0.407 e. The summed E-state index contributed by atoms with van der Waals surface area (Å²) in [7, 11) is 0. The van der Waals surface area contributed by atoms with Gasteiger partial charge in [-0.3, -0.25) is 9.59 Å². The second-order valence-electron chi connectivity index (χ2n) is 9.10. The fraction of sp³-hybridized carbons (Fsp3) is 0.444. The van der Waals surface area contributed by atoms with Crippen molar-refractivity contribution in [3.05, 3.63) is 59.7 Å². The number of carbonyl (C=O) groups is 3. The van der Waals surface area contributed by atoms with E-state index in [1.54, 1.807) is 4.90 Å². The summed E-state index contributed by atoms with van der Waals surface area (Å²) in [6.07, 6.45) is 0.225. The molecule has 2 aromatic rings. The molecule has 1 saturated heterocycles. The number of fused-ring (bicyclic) bond motifs is 3. The van der Waals surface area contributed by atoms with Crippen molar-refractivity contribution in [2.24, 2.45) is 5.41 Å². The van der Waals surface area contributed by atoms with E-state index in [9.17, 15) is 14.4 Å². The average molecular weight is 481 g/mol. The standard InChI is InChI=1S/C27H32N2O6/c1-2-29(14-11-24(30)31)25(32)27(12-15-34-16-13-27)18-28-26(33)35-17-23-21-9-5-3-7-19(21)20-8-4-6-10-22(20)23/h3-10,23H,2,11-18H2,1H3,(H,28,33)(H,30,31). The Morgan fingerprint density at radius 2 is 1.66 bits per heavy atom. The Kier molecular flexibility index (Phi) is 7.70. The molecule has 0 aromatic heterocycles. The first-order valence-electron chi connectivity index (χ1n) is 12.1. The number of rotatable bonds is 9. The lowest BCUT2D eigenvalue weighted by Gasteiger charge is -2.39. The Hall–Kier alpha value is -3.39. The zero-order valence-electron chi connectivity index (χ0n) is 20.0. The molecule has 1 fully saturated rings. The average Bonchev–Trinajstić information content (AvgIpc) is 3.20. The number of nitrogens with zero attached hydrogens (tertiary/aromatic N) is 1. The van der Waals surface area contributed by atoms with Crippen LogP contribution in [0.1, 0.15) is 43.2 Å². The minimum atomic E-state index is -0.950. The number of aliphatic carboxylic acids is 1. The quantitative estimate of drug-likeness (QED) is 0.568. The lowest BCUT2D eigenvalue weighted by molar-refractivity contribution is -0.148. The number of benzene rings is 2. The molecule has 1 heterocycles. The van der Waals surface area contributed by atoms with Gasteiger partial charge in [0, 0.05) is 38.8 Å². The van der Waals surface area contributed by atoms with Gasteiger partial charge in [-0.1, -0.05) is 48.5 Å². The first kappa shape index (κ1) is 24.7. The van der Waals surface area contributed by atoms with Gasteiger partial charge in [-0.15, -0.1) is 0 Å². The van der Waals surface area contributed by atoms with Crippen molar-refractivity contribution in [1.29, 1.82) is 0 Å². The van der Waals surface area contributed by atoms with E-state index >= 15 is 0 Å². The molecular formula is C27H32N2O6. The van der Waals surface area contributed by atoms with E-state index in [1.807, 2.05) is 31.2 Å². The molecule has 0 saturated carbocycles. The largest absolute Gasteiger partial charge is 0.481 e. The highest BCUT2D eigenvalue weighted by Crippen LogP contribution is 2.44. The molecule has 8 heteroatoms. The van der Waals surface area contributed by atoms with Crippen LogP contribution in [0.2, 0.25) is 0 Å². The monoisotopic (exact) mass is 480 g/mol. The first-order valence-corrected chi connectivity index (χ1v) is 12.1. The summed E-state index contributed by atoms with van der Waals surface area (Å²) in [5, 5.41) is 11.8. The van der Waals surface area contributed by atoms with Crippen molar-refractivity contribution in [2.45, 2.75) is 32.1 Å². The van der Waals surface area contributed by atoms with Crippen LogP contribution in [-0.4, -0.2) is 67.4 Å². The van der Waals surface area contributed by atoms with Gasteiger partial charge in [-0.25, -0.2) is 4.79 Å². The molecule has 2 aromatic carbocycles. The number of amides is 2. The van der Waals surface area contributed by atoms with Crippen LogP contribution in [0, 0.1) is 5.41 Å². The minimum absolute atomic E-state index is 0.0431. The molecule has 186 valence electrons. The predicted octanol–water partition coefficient (Wildman–Crippen LogP) is 3.65. The third-order valence-electron chi connectivity index (χ3n) is 7.08. The SMILES string of the molecule is CCN(CCC(=O)O)C(=O)C1(CNC(=O)OCC2c3ccccc3-c3ccccc32)CCOCC1. The second-order valence-corrected chi connectivity index (χ2v) is 9.10. The van der Waals surface area contributed by atoms with Gasteiger partial charge in [-0.2, -0.15) is 0 Å². The summed E-state index contributed by atoms with van der Waals surface area (Å²) in [5.74, 6) is -1.14. The molecule has 2 amide bonds. The number of carboxylic acids is 1. The molecule has 0 spiro atoms. The van der Waals surface area contributed by atoms with Crippen LogP contribution >= 0.6 is 0 Å². The first-order chi connectivity index (χ1) is 16.9. The Morgan fingerprint density at radius 1 is 1.06 bits per heavy atom. The molecule has 1 aliphatic heterocycles. The maximum absolute atomic E-state index is 13.4. The lowest BCUT2D eigenvalue weighted by atomic mass is 9.78. The van der Waals surface area contributed by atoms with Crippen molar-refractivity contribution in [3.63, 3.8) is 0 Å². The Balaban J connectivity index is 1.40. The topological polar surface area (TPSA) is 105 Å². The highest BCUT2D eigenvalue weighted by Gasteiger charge is 2.43. The summed E-state index contributed by atoms with van der Waals surface area (Å²) >= 11 is 0. The molecule has 0 unspecified atom stereocenters. The molecule has 0 bridgehead atoms. The van der Waals surface area contributed by atoms with E-state index in [-0.39, 0.29) is 37.9 Å². The molecule has 0 atom stereocenters. The van der Waals surface area contributed by atoms with Crippen LogP contribution in [0.4, 0.5) is 4.79 Å². The van der Waals surface area contributed by atoms with E-state index in [0.29, 0.717) is 32.6 Å². The van der Waals surface area contributed by atoms with Gasteiger partial charge >= 0.3 is 12.1 Å². The molecule has 2 N–H and O–H groups in total. The summed E-state index contributed by atoms with van der Waals surface area (Å²) in [6.45, 7) is 3.51. The van der Waals surface area contributed by atoms with Gasteiger partial charge in [0.25, 0.3) is 0 Å². The van der Waals surface area contributed by atoms with Gasteiger partial charge in [0.05, 0.1) is 11.8 Å². The molecule has 0 radical (unpaired) electrons. The zero-order valence-corrected chi connectivity index (χ0v) is 20.0. The van der Waals surface area contributed by atoms with Gasteiger partial charge < -0.3 is 24.8 Å². The van der Waals surface area contributed by atoms with Gasteiger partial charge in [0.15, 0.2) is 0 Å². The summed E-state index contributed by atoms with van der Waals surface area (Å²) in [6, 6.07) is 16.3. The van der Waals surface area contributed by atoms with Crippen LogP contribution in [0.3, 0.4) is 0 Å². The molecule has 35 heavy (non-hydrogen) atoms. The van der Waals surface area contributed by atoms with Gasteiger partial charge in [0.2, 0.25) is 5.91 Å². The zero-order chi connectivity index (χ0) is 24.8. The van der Waals surface area contributed by atoms with Crippen molar-refractivity contribution >= 4 is 18.0 Å². The van der Waals surface area contributed by atoms with Crippen LogP contribution in [0.15, 0.2) is 48.5 Å². The fourth-order valence-electron chi connectivity index (χ4n) is 5.09. The van der Waals surface area contributed by atoms with Crippen molar-refractivity contribution in [2.75, 3.05) is 39.5 Å². The number of ether oxygens (including phenoxy) is 2. The highest BCUT2D eigenvalue weighted by atomic mass is 16.5. The van der Waals surface area contributed by atoms with Crippen LogP contribution in [-0.2, 0) is 19.1 Å². The van der Waals surface area contributed by atoms with E-state index < -0.39 is 17.5 Å². The van der Waals surface area contributed by atoms with Gasteiger partial charge in [0.1, 0.15) is 6.61 Å². The number of hydrogen-bond donors (Lipinski definition) is 2. The third-order valence-corrected chi connectivity index (χ3v) is 7.08. The fourth-order valence-corrected chi connectivity index (χ4v) is 5.09. The van der Waals surface area contributed by atoms with Crippen LogP contribution < -0.4 is 5.32 Å². The summed E-state index contributed by atoms with van der Waals surface area (Å²) < 4.78 is 11.1. The smallest absolute Gasteiger partial charge is 0.407 e. The van der Waals surface area contributed by atoms with Crippen LogP contribution in [0.25, 0.3) is 11.1 Å². The molecular weight excluding hydrogens is 448 g/mol. The van der Waals surface area contributed by atoms with E-state index in [1.165, 1.54) is 0 Å². The molecule has 1 aliphatic carbocycles. The number of nitrogens with one attached hydrogen (secondary N) is 1. The van der Waals surface area contributed by atoms with Crippen molar-refractivity contribution < 1.29 is 29.0 Å². The maximum atomic E-state index is 13.4. The molecule has 2 aliphatic rings. The highest BCUT2D eigenvalue weighted by molar-refractivity contribution is 5.84. The van der Waals surface area contributed by atoms with E-state index in [0.717, 1.165) is 22.3 Å². The number of hydrogen-bond acceptors (Lipinski definition) is 5. The van der Waals surface area contributed by atoms with E-state index in [4.69, 9.17) is 14.6 Å². The Morgan fingerprint density at radius 3 is 2.23 bits per heavy atom. The van der Waals surface area contributed by atoms with Gasteiger partial charge in [-0.05, 0) is 42.0 Å². The normalized spacial score (nSPS) is 16.1. The Labute approximate surface area is 205 Å². The number of alkyl carbamates (subject to hydrolysis) is 1. The second kappa shape index (κ2) is 10.9. The van der Waals surface area contributed by atoms with Crippen LogP contribution in [0.5, 0.6) is 0 Å². The minimum Gasteiger partial charge on any atom is -0.481 e. The Bertz CT molecular complexity index is 1030. The number of carboxylic acid groups (broad SMARTS) is 1. The lowest BCUT2D eigenvalue weighted by Crippen LogP contribution is -2.53. The third kappa shape index (κ3) is 5.32. The summed E-state index contributed by atoms with van der Waals surface area (Å²) in [4.78, 5) is 38.7. The summed E-state index contributed by atoms with van der Waals surface area (Å²) in [5.41, 5.74) is 3.75.